The van der Waals surface area contributed by atoms with E-state index in [9.17, 15) is 17.6 Å². The maximum absolute atomic E-state index is 14.0. The van der Waals surface area contributed by atoms with Crippen molar-refractivity contribution in [1.29, 1.82) is 0 Å². The van der Waals surface area contributed by atoms with Crippen molar-refractivity contribution >= 4 is 0 Å². The van der Waals surface area contributed by atoms with Crippen LogP contribution in [-0.4, -0.2) is 23.8 Å². The van der Waals surface area contributed by atoms with Gasteiger partial charge in [-0.15, -0.1) is 0 Å². The van der Waals surface area contributed by atoms with Crippen LogP contribution < -0.4 is 5.73 Å². The summed E-state index contributed by atoms with van der Waals surface area (Å²) in [4.78, 5) is 0. The number of hydrogen-bond acceptors (Lipinski definition) is 1. The van der Waals surface area contributed by atoms with Crippen molar-refractivity contribution in [3.63, 3.8) is 0 Å². The molecule has 0 fully saturated rings. The maximum Gasteiger partial charge on any atom is 0.322 e. The summed E-state index contributed by atoms with van der Waals surface area (Å²) in [5, 5.41) is 0. The molecule has 0 bridgehead atoms. The highest BCUT2D eigenvalue weighted by Gasteiger charge is 2.63. The molecule has 2 atom stereocenters. The highest BCUT2D eigenvalue weighted by Crippen LogP contribution is 2.45. The maximum atomic E-state index is 14.0. The molecule has 0 rings (SSSR count). The van der Waals surface area contributed by atoms with Crippen molar-refractivity contribution in [3.05, 3.63) is 24.3 Å². The lowest BCUT2D eigenvalue weighted by Crippen LogP contribution is -2.58. The summed E-state index contributed by atoms with van der Waals surface area (Å²) >= 11 is 0. The van der Waals surface area contributed by atoms with Gasteiger partial charge in [-0.1, -0.05) is 19.1 Å². The summed E-state index contributed by atoms with van der Waals surface area (Å²) in [7, 11) is 0. The Morgan fingerprint density at radius 1 is 1.29 bits per heavy atom. The van der Waals surface area contributed by atoms with Crippen LogP contribution in [0.25, 0.3) is 0 Å². The summed E-state index contributed by atoms with van der Waals surface area (Å²) in [6.07, 6.45) is 1.51. The number of allylic oxidation sites excluding steroid dienone is 2. The van der Waals surface area contributed by atoms with E-state index in [1.165, 1.54) is 6.92 Å². The molecule has 0 spiro atoms. The van der Waals surface area contributed by atoms with Crippen LogP contribution in [0, 0.1) is 0 Å². The second-order valence-electron chi connectivity index (χ2n) is 4.26. The number of rotatable bonds is 6. The van der Waals surface area contributed by atoms with E-state index in [0.717, 1.165) is 6.08 Å². The van der Waals surface area contributed by atoms with E-state index in [0.29, 0.717) is 25.0 Å². The molecule has 1 nitrogen and oxygen atoms in total. The first-order chi connectivity index (χ1) is 7.58. The van der Waals surface area contributed by atoms with Gasteiger partial charge in [-0.05, 0) is 32.4 Å². The fourth-order valence-electron chi connectivity index (χ4n) is 1.40. The zero-order valence-electron chi connectivity index (χ0n) is 10.4. The highest BCUT2D eigenvalue weighted by atomic mass is 19.3. The molecule has 0 aromatic rings. The summed E-state index contributed by atoms with van der Waals surface area (Å²) < 4.78 is 55.4. The van der Waals surface area contributed by atoms with Crippen LogP contribution in [0.3, 0.4) is 0 Å². The minimum Gasteiger partial charge on any atom is -0.327 e. The highest BCUT2D eigenvalue weighted by molar-refractivity contribution is 5.21. The molecular weight excluding hydrogens is 234 g/mol. The normalized spacial score (nSPS) is 20.6. The average Bonchev–Trinajstić information content (AvgIpc) is 2.26. The predicted molar refractivity (Wildman–Crippen MR) is 61.6 cm³/mol. The first kappa shape index (κ1) is 16.2. The molecule has 0 aromatic heterocycles. The first-order valence-corrected chi connectivity index (χ1v) is 5.35. The number of nitrogens with two attached hydrogens (primary N) is 1. The van der Waals surface area contributed by atoms with Gasteiger partial charge < -0.3 is 5.73 Å². The second kappa shape index (κ2) is 5.21. The molecule has 100 valence electrons. The SMILES string of the molecule is C=C[C@@](F)(CN)C(F)(F)C(C)(F)/C=C(/C)CC. The number of alkyl halides is 4. The van der Waals surface area contributed by atoms with Crippen molar-refractivity contribution in [2.75, 3.05) is 6.54 Å². The molecule has 2 N–H and O–H groups in total. The van der Waals surface area contributed by atoms with Crippen LogP contribution >= 0.6 is 0 Å². The molecule has 0 aliphatic rings. The third-order valence-corrected chi connectivity index (χ3v) is 2.83. The number of halogens is 4. The van der Waals surface area contributed by atoms with Crippen molar-refractivity contribution in [1.82, 2.24) is 0 Å². The van der Waals surface area contributed by atoms with Gasteiger partial charge in [-0.3, -0.25) is 0 Å². The largest absolute Gasteiger partial charge is 0.327 e. The van der Waals surface area contributed by atoms with Gasteiger partial charge in [0.1, 0.15) is 0 Å². The zero-order valence-corrected chi connectivity index (χ0v) is 10.4. The Balaban J connectivity index is 5.50. The zero-order chi connectivity index (χ0) is 13.9. The lowest BCUT2D eigenvalue weighted by molar-refractivity contribution is -0.180. The van der Waals surface area contributed by atoms with E-state index in [1.807, 2.05) is 0 Å². The Morgan fingerprint density at radius 3 is 2.06 bits per heavy atom. The van der Waals surface area contributed by atoms with Gasteiger partial charge >= 0.3 is 5.92 Å². The van der Waals surface area contributed by atoms with E-state index >= 15 is 0 Å². The van der Waals surface area contributed by atoms with E-state index in [-0.39, 0.29) is 0 Å². The van der Waals surface area contributed by atoms with Crippen LogP contribution in [0.2, 0.25) is 0 Å². The molecular formula is C12H19F4N. The summed E-state index contributed by atoms with van der Waals surface area (Å²) in [5.41, 5.74) is -1.01. The molecule has 17 heavy (non-hydrogen) atoms. The molecule has 0 saturated carbocycles. The third kappa shape index (κ3) is 2.89. The van der Waals surface area contributed by atoms with E-state index < -0.39 is 23.8 Å². The van der Waals surface area contributed by atoms with Crippen LogP contribution in [-0.2, 0) is 0 Å². The lowest BCUT2D eigenvalue weighted by Gasteiger charge is -2.37. The van der Waals surface area contributed by atoms with E-state index in [4.69, 9.17) is 5.73 Å². The van der Waals surface area contributed by atoms with Crippen LogP contribution in [0.1, 0.15) is 27.2 Å². The molecule has 1 unspecified atom stereocenters. The quantitative estimate of drug-likeness (QED) is 0.568. The Hall–Kier alpha value is -0.840. The van der Waals surface area contributed by atoms with Gasteiger partial charge in [0.2, 0.25) is 5.67 Å². The molecule has 5 heteroatoms. The van der Waals surface area contributed by atoms with Gasteiger partial charge in [-0.2, -0.15) is 8.78 Å². The second-order valence-corrected chi connectivity index (χ2v) is 4.26. The van der Waals surface area contributed by atoms with Gasteiger partial charge in [0.05, 0.1) is 0 Å². The first-order valence-electron chi connectivity index (χ1n) is 5.35. The van der Waals surface area contributed by atoms with Gasteiger partial charge in [0, 0.05) is 6.54 Å². The Morgan fingerprint density at radius 2 is 1.76 bits per heavy atom. The smallest absolute Gasteiger partial charge is 0.322 e. The van der Waals surface area contributed by atoms with Gasteiger partial charge in [-0.25, -0.2) is 8.78 Å². The average molecular weight is 253 g/mol. The molecule has 0 radical (unpaired) electrons. The van der Waals surface area contributed by atoms with Crippen molar-refractivity contribution in [2.24, 2.45) is 5.73 Å². The molecule has 0 aliphatic carbocycles. The summed E-state index contributed by atoms with van der Waals surface area (Å²) in [5.74, 6) is -4.27. The molecule has 0 aromatic carbocycles. The fraction of sp³-hybridized carbons (Fsp3) is 0.667. The molecule has 0 aliphatic heterocycles. The summed E-state index contributed by atoms with van der Waals surface area (Å²) in [6.45, 7) is 5.77. The monoisotopic (exact) mass is 253 g/mol. The predicted octanol–water partition coefficient (Wildman–Crippen LogP) is 3.56. The summed E-state index contributed by atoms with van der Waals surface area (Å²) in [6, 6.07) is 0. The Labute approximate surface area is 99.4 Å². The van der Waals surface area contributed by atoms with E-state index in [2.05, 4.69) is 6.58 Å². The van der Waals surface area contributed by atoms with Gasteiger partial charge in [0.25, 0.3) is 0 Å². The molecule has 0 heterocycles. The molecule has 0 amide bonds. The van der Waals surface area contributed by atoms with Gasteiger partial charge in [0.15, 0.2) is 5.67 Å². The minimum atomic E-state index is -4.27. The van der Waals surface area contributed by atoms with Crippen molar-refractivity contribution < 1.29 is 17.6 Å². The fourth-order valence-corrected chi connectivity index (χ4v) is 1.40. The standard InChI is InChI=1S/C12H19F4N/c1-5-9(3)7-10(4,13)12(15,16)11(14,6-2)8-17/h6-7H,2,5,8,17H2,1,3-4H3/b9-7-/t10?,11-/m1/s1. The van der Waals surface area contributed by atoms with Crippen LogP contribution in [0.5, 0.6) is 0 Å². The lowest BCUT2D eigenvalue weighted by atomic mass is 9.84. The Kier molecular flexibility index (Phi) is 4.95. The van der Waals surface area contributed by atoms with E-state index in [1.54, 1.807) is 6.92 Å². The third-order valence-electron chi connectivity index (χ3n) is 2.83. The number of hydrogen-bond donors (Lipinski definition) is 1. The Bertz CT molecular complexity index is 310. The molecule has 0 saturated heterocycles. The van der Waals surface area contributed by atoms with Crippen molar-refractivity contribution in [2.45, 2.75) is 44.5 Å². The van der Waals surface area contributed by atoms with Crippen LogP contribution in [0.4, 0.5) is 17.6 Å². The minimum absolute atomic E-state index is 0.361. The van der Waals surface area contributed by atoms with Crippen molar-refractivity contribution in [3.8, 4) is 0 Å². The van der Waals surface area contributed by atoms with Crippen LogP contribution in [0.15, 0.2) is 24.3 Å². The topological polar surface area (TPSA) is 26.0 Å².